The van der Waals surface area contributed by atoms with E-state index in [0.717, 1.165) is 28.6 Å². The van der Waals surface area contributed by atoms with E-state index in [4.69, 9.17) is 0 Å². The fourth-order valence-electron chi connectivity index (χ4n) is 4.31. The molecule has 1 aliphatic heterocycles. The average Bonchev–Trinajstić information content (AvgIpc) is 2.76. The minimum atomic E-state index is -5.08. The smallest absolute Gasteiger partial charge is 0.223 e. The van der Waals surface area contributed by atoms with Crippen molar-refractivity contribution in [2.75, 3.05) is 13.1 Å². The highest BCUT2D eigenvalue weighted by atomic mass is 32.2. The Morgan fingerprint density at radius 2 is 1.41 bits per heavy atom. The fourth-order valence-corrected chi connectivity index (χ4v) is 7.92. The highest BCUT2D eigenvalue weighted by Gasteiger charge is 2.43. The average molecular weight is 577 g/mol. The number of hydrogen-bond acceptors (Lipinski definition) is 5. The Labute approximate surface area is 209 Å². The summed E-state index contributed by atoms with van der Waals surface area (Å²) >= 11 is 0. The van der Waals surface area contributed by atoms with Gasteiger partial charge in [-0.1, -0.05) is 12.1 Å². The van der Waals surface area contributed by atoms with Gasteiger partial charge in [-0.25, -0.2) is 26.5 Å². The van der Waals surface area contributed by atoms with E-state index in [1.54, 1.807) is 0 Å². The van der Waals surface area contributed by atoms with Crippen molar-refractivity contribution in [2.24, 2.45) is 5.92 Å². The Hall–Kier alpha value is -2.23. The van der Waals surface area contributed by atoms with Crippen LogP contribution in [-0.4, -0.2) is 46.1 Å². The van der Waals surface area contributed by atoms with Crippen LogP contribution in [0.25, 0.3) is 0 Å². The van der Waals surface area contributed by atoms with Gasteiger partial charge in [0.25, 0.3) is 0 Å². The van der Waals surface area contributed by atoms with Crippen LogP contribution in [0.3, 0.4) is 0 Å². The molecule has 0 bridgehead atoms. The molecule has 1 aliphatic rings. The van der Waals surface area contributed by atoms with Crippen molar-refractivity contribution in [3.05, 3.63) is 53.8 Å². The van der Waals surface area contributed by atoms with Crippen molar-refractivity contribution in [1.29, 1.82) is 0 Å². The molecule has 0 atom stereocenters. The summed E-state index contributed by atoms with van der Waals surface area (Å²) in [6, 6.07) is 4.86. The summed E-state index contributed by atoms with van der Waals surface area (Å²) in [5, 5.41) is 1.53. The van der Waals surface area contributed by atoms with E-state index in [-0.39, 0.29) is 32.0 Å². The van der Waals surface area contributed by atoms with Gasteiger partial charge in [0.15, 0.2) is 0 Å². The number of halogens is 7. The van der Waals surface area contributed by atoms with Gasteiger partial charge in [0.1, 0.15) is 15.6 Å². The molecule has 206 valence electrons. The number of alkyl halides is 6. The molecule has 1 heterocycles. The lowest BCUT2D eigenvalue weighted by Crippen LogP contribution is -2.55. The van der Waals surface area contributed by atoms with Crippen LogP contribution >= 0.6 is 0 Å². The molecule has 37 heavy (non-hydrogen) atoms. The second kappa shape index (κ2) is 9.82. The maximum Gasteiger partial charge on any atom is 0.457 e. The lowest BCUT2D eigenvalue weighted by Gasteiger charge is -2.41. The van der Waals surface area contributed by atoms with E-state index in [0.29, 0.717) is 12.1 Å². The van der Waals surface area contributed by atoms with Crippen molar-refractivity contribution < 1.29 is 47.6 Å². The van der Waals surface area contributed by atoms with Crippen molar-refractivity contribution in [1.82, 2.24) is 9.62 Å². The summed E-state index contributed by atoms with van der Waals surface area (Å²) < 4.78 is 147. The largest absolute Gasteiger partial charge is 0.457 e. The number of nitrogens with one attached hydrogen (secondary N) is 1. The van der Waals surface area contributed by atoms with Crippen LogP contribution in [0.15, 0.2) is 57.2 Å². The zero-order chi connectivity index (χ0) is 28.0. The van der Waals surface area contributed by atoms with Crippen molar-refractivity contribution in [3.63, 3.8) is 0 Å². The third-order valence-corrected chi connectivity index (χ3v) is 10.2. The third-order valence-electron chi connectivity index (χ3n) is 6.24. The Bertz CT molecular complexity index is 1360. The molecule has 1 fully saturated rings. The maximum atomic E-state index is 14.3. The van der Waals surface area contributed by atoms with Crippen LogP contribution in [0.1, 0.15) is 32.3 Å². The molecular weight excluding hydrogens is 553 g/mol. The summed E-state index contributed by atoms with van der Waals surface area (Å²) in [6.45, 7) is 2.00. The molecule has 0 aliphatic carbocycles. The van der Waals surface area contributed by atoms with E-state index in [2.05, 4.69) is 0 Å². The first kappa shape index (κ1) is 29.3. The van der Waals surface area contributed by atoms with Gasteiger partial charge in [0.05, 0.1) is 10.5 Å². The number of benzene rings is 2. The molecule has 0 spiro atoms. The lowest BCUT2D eigenvalue weighted by molar-refractivity contribution is -0.178. The van der Waals surface area contributed by atoms with Gasteiger partial charge in [0, 0.05) is 18.6 Å². The van der Waals surface area contributed by atoms with E-state index >= 15 is 0 Å². The van der Waals surface area contributed by atoms with E-state index in [1.165, 1.54) is 19.2 Å². The predicted molar refractivity (Wildman–Crippen MR) is 118 cm³/mol. The minimum absolute atomic E-state index is 0.0364. The molecule has 0 aromatic heterocycles. The predicted octanol–water partition coefficient (Wildman–Crippen LogP) is 4.97. The van der Waals surface area contributed by atoms with E-state index in [1.807, 2.05) is 0 Å². The van der Waals surface area contributed by atoms with Crippen molar-refractivity contribution in [3.8, 4) is 0 Å². The van der Waals surface area contributed by atoms with Gasteiger partial charge in [-0.15, -0.1) is 0 Å². The summed E-state index contributed by atoms with van der Waals surface area (Å²) in [7, 11) is -9.82. The number of sulfonamides is 1. The minimum Gasteiger partial charge on any atom is -0.223 e. The fraction of sp³-hybridized carbons (Fsp3) is 0.455. The number of hydrogen-bond donors (Lipinski definition) is 1. The van der Waals surface area contributed by atoms with Gasteiger partial charge in [-0.3, -0.25) is 0 Å². The quantitative estimate of drug-likeness (QED) is 0.388. The van der Waals surface area contributed by atoms with Crippen LogP contribution in [0.4, 0.5) is 30.7 Å². The van der Waals surface area contributed by atoms with Crippen molar-refractivity contribution in [2.45, 2.75) is 59.4 Å². The molecule has 0 saturated carbocycles. The van der Waals surface area contributed by atoms with Gasteiger partial charge in [-0.2, -0.15) is 30.6 Å². The highest BCUT2D eigenvalue weighted by Crippen LogP contribution is 2.38. The monoisotopic (exact) mass is 576 g/mol. The standard InChI is InChI=1S/C22H23F7N2O4S2/c1-20(2,30-22(27,28)29)14-9-11-31(12-10-14)37(34,35)18-8-7-15(21(24,25)26)13-19(18)36(32,33)17-6-4-3-5-16(17)23/h3-8,13-14,30H,9-12H2,1-2H3. The van der Waals surface area contributed by atoms with Crippen LogP contribution in [0.2, 0.25) is 0 Å². The summed E-state index contributed by atoms with van der Waals surface area (Å²) in [5.74, 6) is -1.90. The number of sulfone groups is 1. The summed E-state index contributed by atoms with van der Waals surface area (Å²) in [4.78, 5) is -3.26. The Kier molecular flexibility index (Phi) is 7.78. The highest BCUT2D eigenvalue weighted by molar-refractivity contribution is 7.93. The van der Waals surface area contributed by atoms with Crippen LogP contribution < -0.4 is 5.32 Å². The topological polar surface area (TPSA) is 83.6 Å². The normalized spacial score (nSPS) is 17.2. The molecule has 2 aromatic carbocycles. The van der Waals surface area contributed by atoms with Gasteiger partial charge in [0.2, 0.25) is 19.9 Å². The Morgan fingerprint density at radius 1 is 0.838 bits per heavy atom. The Balaban J connectivity index is 2.03. The maximum absolute atomic E-state index is 14.3. The van der Waals surface area contributed by atoms with Crippen molar-refractivity contribution >= 4 is 19.9 Å². The molecule has 1 N–H and O–H groups in total. The van der Waals surface area contributed by atoms with Crippen LogP contribution in [0.5, 0.6) is 0 Å². The number of piperidine rings is 1. The zero-order valence-corrected chi connectivity index (χ0v) is 21.1. The van der Waals surface area contributed by atoms with Gasteiger partial charge in [-0.05, 0) is 62.9 Å². The lowest BCUT2D eigenvalue weighted by atomic mass is 9.81. The summed E-state index contributed by atoms with van der Waals surface area (Å²) in [5.41, 5.74) is -2.90. The van der Waals surface area contributed by atoms with Crippen LogP contribution in [0, 0.1) is 11.7 Å². The SMILES string of the molecule is CC(C)(NC(F)(F)F)C1CCN(S(=O)(=O)c2ccc(C(F)(F)F)cc2S(=O)(=O)c2ccccc2F)CC1. The van der Waals surface area contributed by atoms with Gasteiger partial charge >= 0.3 is 12.5 Å². The molecule has 2 aromatic rings. The second-order valence-corrected chi connectivity index (χ2v) is 12.9. The van der Waals surface area contributed by atoms with E-state index in [9.17, 15) is 47.6 Å². The molecule has 0 unspecified atom stereocenters. The molecule has 3 rings (SSSR count). The third kappa shape index (κ3) is 6.26. The van der Waals surface area contributed by atoms with E-state index < -0.39 is 69.9 Å². The number of rotatable bonds is 6. The zero-order valence-electron chi connectivity index (χ0n) is 19.5. The van der Waals surface area contributed by atoms with Gasteiger partial charge < -0.3 is 0 Å². The second-order valence-electron chi connectivity index (χ2n) is 9.12. The first-order valence-corrected chi connectivity index (χ1v) is 13.8. The summed E-state index contributed by atoms with van der Waals surface area (Å²) in [6.07, 6.45) is -9.78. The van der Waals surface area contributed by atoms with Crippen LogP contribution in [-0.2, 0) is 26.0 Å². The first-order valence-electron chi connectivity index (χ1n) is 10.8. The first-order chi connectivity index (χ1) is 16.8. The molecule has 15 heteroatoms. The molecular formula is C22H23F7N2O4S2. The Morgan fingerprint density at radius 3 is 1.92 bits per heavy atom. The molecule has 0 radical (unpaired) electrons. The molecule has 1 saturated heterocycles. The number of nitrogens with zero attached hydrogens (tertiary/aromatic N) is 1. The molecule has 6 nitrogen and oxygen atoms in total. The molecule has 0 amide bonds.